The van der Waals surface area contributed by atoms with E-state index < -0.39 is 0 Å². The average molecular weight is 453 g/mol. The molecule has 0 radical (unpaired) electrons. The Morgan fingerprint density at radius 3 is 1.88 bits per heavy atom. The SMILES string of the molecule is CCn1nc(C(=O)N2CCN(C(c3ccccc3)c3ccccc3)CC2)c2ccccc2c1=O. The maximum Gasteiger partial charge on any atom is 0.275 e. The molecule has 1 saturated heterocycles. The third-order valence-corrected chi connectivity index (χ3v) is 6.57. The molecule has 6 heteroatoms. The molecule has 0 spiro atoms. The van der Waals surface area contributed by atoms with Crippen LogP contribution >= 0.6 is 0 Å². The summed E-state index contributed by atoms with van der Waals surface area (Å²) >= 11 is 0. The van der Waals surface area contributed by atoms with E-state index in [9.17, 15) is 9.59 Å². The van der Waals surface area contributed by atoms with Crippen LogP contribution in [0.2, 0.25) is 0 Å². The molecule has 0 bridgehead atoms. The van der Waals surface area contributed by atoms with Gasteiger partial charge in [0.2, 0.25) is 0 Å². The highest BCUT2D eigenvalue weighted by atomic mass is 16.2. The summed E-state index contributed by atoms with van der Waals surface area (Å²) in [6.07, 6.45) is 0. The lowest BCUT2D eigenvalue weighted by molar-refractivity contribution is 0.0591. The van der Waals surface area contributed by atoms with Crippen LogP contribution in [0.4, 0.5) is 0 Å². The Bertz CT molecular complexity index is 1300. The van der Waals surface area contributed by atoms with Crippen molar-refractivity contribution in [3.05, 3.63) is 112 Å². The molecule has 0 N–H and O–H groups in total. The number of rotatable bonds is 5. The highest BCUT2D eigenvalue weighted by Crippen LogP contribution is 2.29. The van der Waals surface area contributed by atoms with Crippen LogP contribution in [0.3, 0.4) is 0 Å². The molecule has 5 rings (SSSR count). The van der Waals surface area contributed by atoms with Crippen LogP contribution in [0.15, 0.2) is 89.7 Å². The normalized spacial score (nSPS) is 14.6. The summed E-state index contributed by atoms with van der Waals surface area (Å²) < 4.78 is 1.38. The number of hydrogen-bond donors (Lipinski definition) is 0. The van der Waals surface area contributed by atoms with E-state index in [-0.39, 0.29) is 17.5 Å². The first-order chi connectivity index (χ1) is 16.7. The number of carbonyl (C=O) groups is 1. The highest BCUT2D eigenvalue weighted by Gasteiger charge is 2.30. The third kappa shape index (κ3) is 4.13. The molecular formula is C28H28N4O2. The van der Waals surface area contributed by atoms with E-state index in [2.05, 4.69) is 58.5 Å². The minimum absolute atomic E-state index is 0.117. The second-order valence-corrected chi connectivity index (χ2v) is 8.57. The van der Waals surface area contributed by atoms with Crippen LogP contribution in [0.1, 0.15) is 34.6 Å². The summed E-state index contributed by atoms with van der Waals surface area (Å²) in [6.45, 7) is 5.01. The first-order valence-corrected chi connectivity index (χ1v) is 11.8. The van der Waals surface area contributed by atoms with Gasteiger partial charge in [-0.05, 0) is 24.1 Å². The number of piperazine rings is 1. The van der Waals surface area contributed by atoms with Crippen LogP contribution in [-0.4, -0.2) is 51.7 Å². The Labute approximate surface area is 199 Å². The molecule has 1 aromatic heterocycles. The maximum absolute atomic E-state index is 13.5. The summed E-state index contributed by atoms with van der Waals surface area (Å²) in [5.74, 6) is -0.117. The van der Waals surface area contributed by atoms with Gasteiger partial charge in [0.15, 0.2) is 5.69 Å². The van der Waals surface area contributed by atoms with Crippen molar-refractivity contribution in [3.8, 4) is 0 Å². The minimum Gasteiger partial charge on any atom is -0.335 e. The molecule has 0 aliphatic carbocycles. The molecule has 34 heavy (non-hydrogen) atoms. The molecule has 1 amide bonds. The number of hydrogen-bond acceptors (Lipinski definition) is 4. The van der Waals surface area contributed by atoms with Gasteiger partial charge in [-0.25, -0.2) is 4.68 Å². The fraction of sp³-hybridized carbons (Fsp3) is 0.250. The molecule has 4 aromatic rings. The molecule has 1 fully saturated rings. The fourth-order valence-electron chi connectivity index (χ4n) is 4.83. The zero-order valence-electron chi connectivity index (χ0n) is 19.3. The van der Waals surface area contributed by atoms with Crippen LogP contribution in [0.5, 0.6) is 0 Å². The monoisotopic (exact) mass is 452 g/mol. The van der Waals surface area contributed by atoms with E-state index >= 15 is 0 Å². The first kappa shape index (κ1) is 22.0. The molecule has 3 aromatic carbocycles. The van der Waals surface area contributed by atoms with Gasteiger partial charge in [0.1, 0.15) is 0 Å². The molecule has 1 aliphatic rings. The maximum atomic E-state index is 13.5. The summed E-state index contributed by atoms with van der Waals surface area (Å²) in [6, 6.07) is 28.4. The Morgan fingerprint density at radius 1 is 0.794 bits per heavy atom. The van der Waals surface area contributed by atoms with Crippen molar-refractivity contribution in [1.82, 2.24) is 19.6 Å². The van der Waals surface area contributed by atoms with Gasteiger partial charge in [0, 0.05) is 38.1 Å². The van der Waals surface area contributed by atoms with Crippen molar-refractivity contribution >= 4 is 16.7 Å². The molecular weight excluding hydrogens is 424 g/mol. The van der Waals surface area contributed by atoms with Crippen molar-refractivity contribution in [2.45, 2.75) is 19.5 Å². The van der Waals surface area contributed by atoms with Crippen molar-refractivity contribution in [2.75, 3.05) is 26.2 Å². The number of nitrogens with zero attached hydrogens (tertiary/aromatic N) is 4. The van der Waals surface area contributed by atoms with Crippen LogP contribution < -0.4 is 5.56 Å². The Hall–Kier alpha value is -3.77. The predicted molar refractivity (Wildman–Crippen MR) is 134 cm³/mol. The van der Waals surface area contributed by atoms with Gasteiger partial charge < -0.3 is 4.90 Å². The van der Waals surface area contributed by atoms with E-state index in [1.54, 1.807) is 6.07 Å². The van der Waals surface area contributed by atoms with Gasteiger partial charge >= 0.3 is 0 Å². The standard InChI is InChI=1S/C28H28N4O2/c1-2-32-27(33)24-16-10-9-15-23(24)25(29-32)28(34)31-19-17-30(18-20-31)26(21-11-5-3-6-12-21)22-13-7-4-8-14-22/h3-16,26H,2,17-20H2,1H3. The van der Waals surface area contributed by atoms with Crippen molar-refractivity contribution in [2.24, 2.45) is 0 Å². The van der Waals surface area contributed by atoms with E-state index in [0.717, 1.165) is 13.1 Å². The highest BCUT2D eigenvalue weighted by molar-refractivity contribution is 6.04. The van der Waals surface area contributed by atoms with Crippen molar-refractivity contribution in [1.29, 1.82) is 0 Å². The molecule has 0 unspecified atom stereocenters. The smallest absolute Gasteiger partial charge is 0.275 e. The number of carbonyl (C=O) groups excluding carboxylic acids is 1. The molecule has 1 aliphatic heterocycles. The lowest BCUT2D eigenvalue weighted by atomic mass is 9.96. The molecule has 6 nitrogen and oxygen atoms in total. The number of aromatic nitrogens is 2. The Morgan fingerprint density at radius 2 is 1.32 bits per heavy atom. The minimum atomic E-state index is -0.159. The van der Waals surface area contributed by atoms with E-state index in [1.807, 2.05) is 42.2 Å². The second-order valence-electron chi connectivity index (χ2n) is 8.57. The largest absolute Gasteiger partial charge is 0.335 e. The lowest BCUT2D eigenvalue weighted by Crippen LogP contribution is -2.50. The first-order valence-electron chi connectivity index (χ1n) is 11.8. The van der Waals surface area contributed by atoms with E-state index in [1.165, 1.54) is 15.8 Å². The number of amides is 1. The molecule has 172 valence electrons. The van der Waals surface area contributed by atoms with Crippen LogP contribution in [0, 0.1) is 0 Å². The summed E-state index contributed by atoms with van der Waals surface area (Å²) in [5.41, 5.74) is 2.69. The molecule has 0 saturated carbocycles. The van der Waals surface area contributed by atoms with Gasteiger partial charge in [0.05, 0.1) is 11.4 Å². The predicted octanol–water partition coefficient (Wildman–Crippen LogP) is 3.96. The number of aryl methyl sites for hydroxylation is 1. The van der Waals surface area contributed by atoms with Crippen LogP contribution in [-0.2, 0) is 6.54 Å². The Kier molecular flexibility index (Phi) is 6.23. The number of benzene rings is 3. The van der Waals surface area contributed by atoms with Crippen LogP contribution in [0.25, 0.3) is 10.8 Å². The summed E-state index contributed by atoms with van der Waals surface area (Å²) in [7, 11) is 0. The number of fused-ring (bicyclic) bond motifs is 1. The quantitative estimate of drug-likeness (QED) is 0.460. The zero-order valence-corrected chi connectivity index (χ0v) is 19.3. The Balaban J connectivity index is 1.41. The lowest BCUT2D eigenvalue weighted by Gasteiger charge is -2.39. The van der Waals surface area contributed by atoms with Gasteiger partial charge in [-0.1, -0.05) is 78.9 Å². The third-order valence-electron chi connectivity index (χ3n) is 6.57. The van der Waals surface area contributed by atoms with E-state index in [4.69, 9.17) is 0 Å². The topological polar surface area (TPSA) is 58.4 Å². The molecule has 2 heterocycles. The average Bonchev–Trinajstić information content (AvgIpc) is 2.90. The van der Waals surface area contributed by atoms with Gasteiger partial charge in [-0.15, -0.1) is 0 Å². The summed E-state index contributed by atoms with van der Waals surface area (Å²) in [5, 5.41) is 5.60. The van der Waals surface area contributed by atoms with Crippen molar-refractivity contribution < 1.29 is 4.79 Å². The van der Waals surface area contributed by atoms with Crippen molar-refractivity contribution in [3.63, 3.8) is 0 Å². The fourth-order valence-corrected chi connectivity index (χ4v) is 4.83. The zero-order chi connectivity index (χ0) is 23.5. The molecule has 0 atom stereocenters. The van der Waals surface area contributed by atoms with Gasteiger partial charge in [-0.3, -0.25) is 14.5 Å². The van der Waals surface area contributed by atoms with E-state index in [0.29, 0.717) is 36.1 Å². The van der Waals surface area contributed by atoms with Gasteiger partial charge in [-0.2, -0.15) is 5.10 Å². The van der Waals surface area contributed by atoms with Gasteiger partial charge in [0.25, 0.3) is 11.5 Å². The summed E-state index contributed by atoms with van der Waals surface area (Å²) in [4.78, 5) is 30.5. The second kappa shape index (κ2) is 9.61.